The van der Waals surface area contributed by atoms with Gasteiger partial charge in [-0.1, -0.05) is 43.7 Å². The van der Waals surface area contributed by atoms with Gasteiger partial charge in [-0.3, -0.25) is 0 Å². The summed E-state index contributed by atoms with van der Waals surface area (Å²) in [5.41, 5.74) is 1.55. The van der Waals surface area contributed by atoms with Crippen LogP contribution in [0.4, 0.5) is 0 Å². The van der Waals surface area contributed by atoms with Crippen molar-refractivity contribution < 1.29 is 0 Å². The molecule has 0 radical (unpaired) electrons. The maximum absolute atomic E-state index is 2.31. The van der Waals surface area contributed by atoms with E-state index in [0.717, 1.165) is 11.8 Å². The second-order valence-corrected chi connectivity index (χ2v) is 3.76. The van der Waals surface area contributed by atoms with Crippen molar-refractivity contribution in [2.75, 3.05) is 0 Å². The van der Waals surface area contributed by atoms with Crippen LogP contribution in [0.5, 0.6) is 0 Å². The van der Waals surface area contributed by atoms with Gasteiger partial charge >= 0.3 is 0 Å². The Labute approximate surface area is 74.6 Å². The Hall–Kier alpha value is -0.780. The summed E-state index contributed by atoms with van der Waals surface area (Å²) >= 11 is 0. The van der Waals surface area contributed by atoms with E-state index >= 15 is 0 Å². The molecule has 0 aliphatic heterocycles. The van der Waals surface area contributed by atoms with Gasteiger partial charge in [-0.15, -0.1) is 0 Å². The quantitative estimate of drug-likeness (QED) is 0.620. The highest BCUT2D eigenvalue weighted by atomic mass is 14.3. The molecule has 64 valence electrons. The van der Waals surface area contributed by atoms with Gasteiger partial charge in [-0.25, -0.2) is 0 Å². The van der Waals surface area contributed by atoms with Crippen molar-refractivity contribution in [1.29, 1.82) is 0 Å². The lowest BCUT2D eigenvalue weighted by Crippen LogP contribution is -2.22. The minimum Gasteiger partial charge on any atom is -0.0651 e. The van der Waals surface area contributed by atoms with Crippen molar-refractivity contribution in [2.24, 2.45) is 5.92 Å². The second-order valence-electron chi connectivity index (χ2n) is 3.76. The Morgan fingerprint density at radius 1 is 1.17 bits per heavy atom. The van der Waals surface area contributed by atoms with Crippen molar-refractivity contribution in [3.63, 3.8) is 0 Å². The fourth-order valence-electron chi connectivity index (χ4n) is 2.20. The molecule has 1 aliphatic rings. The Morgan fingerprint density at radius 3 is 2.42 bits per heavy atom. The maximum Gasteiger partial charge on any atom is -0.0134 e. The molecule has 1 fully saturated rings. The summed E-state index contributed by atoms with van der Waals surface area (Å²) in [4.78, 5) is 0. The highest BCUT2D eigenvalue weighted by molar-refractivity contribution is 5.22. The molecular weight excluding hydrogens is 144 g/mol. The van der Waals surface area contributed by atoms with E-state index in [0.29, 0.717) is 0 Å². The molecule has 12 heavy (non-hydrogen) atoms. The van der Waals surface area contributed by atoms with E-state index < -0.39 is 0 Å². The van der Waals surface area contributed by atoms with Gasteiger partial charge in [0.2, 0.25) is 0 Å². The standard InChI is InChI=1S/C12H16/c1-2-10-8-9-12(10)11-6-4-3-5-7-11/h3-7,10,12H,2,8-9H2,1H3/t10-,12+/m0/s1. The summed E-state index contributed by atoms with van der Waals surface area (Å²) in [7, 11) is 0. The predicted octanol–water partition coefficient (Wildman–Crippen LogP) is 3.59. The van der Waals surface area contributed by atoms with Crippen molar-refractivity contribution in [3.05, 3.63) is 35.9 Å². The molecule has 0 heteroatoms. The minimum absolute atomic E-state index is 0.871. The van der Waals surface area contributed by atoms with E-state index in [-0.39, 0.29) is 0 Å². The van der Waals surface area contributed by atoms with Gasteiger partial charge in [0.25, 0.3) is 0 Å². The zero-order valence-corrected chi connectivity index (χ0v) is 7.66. The summed E-state index contributed by atoms with van der Waals surface area (Å²) in [5.74, 6) is 1.84. The van der Waals surface area contributed by atoms with Gasteiger partial charge in [0.1, 0.15) is 0 Å². The van der Waals surface area contributed by atoms with Crippen LogP contribution in [0.2, 0.25) is 0 Å². The molecule has 1 aromatic rings. The molecule has 0 N–H and O–H groups in total. The van der Waals surface area contributed by atoms with Gasteiger partial charge in [-0.05, 0) is 30.2 Å². The van der Waals surface area contributed by atoms with Crippen molar-refractivity contribution >= 4 is 0 Å². The van der Waals surface area contributed by atoms with E-state index in [1.165, 1.54) is 19.3 Å². The van der Waals surface area contributed by atoms with Crippen LogP contribution in [0.1, 0.15) is 37.7 Å². The fraction of sp³-hybridized carbons (Fsp3) is 0.500. The van der Waals surface area contributed by atoms with E-state index in [1.54, 1.807) is 5.56 Å². The number of rotatable bonds is 2. The summed E-state index contributed by atoms with van der Waals surface area (Å²) < 4.78 is 0. The van der Waals surface area contributed by atoms with Crippen LogP contribution in [0.3, 0.4) is 0 Å². The fourth-order valence-corrected chi connectivity index (χ4v) is 2.20. The van der Waals surface area contributed by atoms with E-state index in [2.05, 4.69) is 37.3 Å². The average Bonchev–Trinajstić information content (AvgIpc) is 2.05. The lowest BCUT2D eigenvalue weighted by molar-refractivity contribution is 0.247. The topological polar surface area (TPSA) is 0 Å². The van der Waals surface area contributed by atoms with Crippen LogP contribution >= 0.6 is 0 Å². The molecule has 0 heterocycles. The van der Waals surface area contributed by atoms with E-state index in [4.69, 9.17) is 0 Å². The first kappa shape index (κ1) is 7.85. The molecule has 2 atom stereocenters. The SMILES string of the molecule is CC[C@H]1CC[C@H]1c1ccccc1. The predicted molar refractivity (Wildman–Crippen MR) is 52.2 cm³/mol. The van der Waals surface area contributed by atoms with Gasteiger partial charge < -0.3 is 0 Å². The Balaban J connectivity index is 2.11. The highest BCUT2D eigenvalue weighted by Crippen LogP contribution is 2.43. The van der Waals surface area contributed by atoms with Crippen LogP contribution in [-0.4, -0.2) is 0 Å². The third-order valence-electron chi connectivity index (χ3n) is 3.17. The van der Waals surface area contributed by atoms with Crippen LogP contribution in [0, 0.1) is 5.92 Å². The molecule has 0 spiro atoms. The number of hydrogen-bond donors (Lipinski definition) is 0. The zero-order chi connectivity index (χ0) is 8.39. The van der Waals surface area contributed by atoms with Gasteiger partial charge in [0.05, 0.1) is 0 Å². The Bertz CT molecular complexity index is 235. The van der Waals surface area contributed by atoms with Crippen molar-refractivity contribution in [3.8, 4) is 0 Å². The third kappa shape index (κ3) is 1.26. The molecular formula is C12H16. The normalized spacial score (nSPS) is 28.1. The van der Waals surface area contributed by atoms with Gasteiger partial charge in [-0.2, -0.15) is 0 Å². The molecule has 0 bridgehead atoms. The lowest BCUT2D eigenvalue weighted by atomic mass is 9.69. The largest absolute Gasteiger partial charge is 0.0651 e. The Morgan fingerprint density at radius 2 is 1.92 bits per heavy atom. The highest BCUT2D eigenvalue weighted by Gasteiger charge is 2.29. The Kier molecular flexibility index (Phi) is 2.16. The van der Waals surface area contributed by atoms with Crippen LogP contribution in [0.25, 0.3) is 0 Å². The summed E-state index contributed by atoms with van der Waals surface area (Å²) in [5, 5.41) is 0. The smallest absolute Gasteiger partial charge is 0.0134 e. The average molecular weight is 160 g/mol. The van der Waals surface area contributed by atoms with Gasteiger partial charge in [0.15, 0.2) is 0 Å². The molecule has 1 aliphatic carbocycles. The third-order valence-corrected chi connectivity index (χ3v) is 3.17. The maximum atomic E-state index is 2.31. The molecule has 1 saturated carbocycles. The number of benzene rings is 1. The molecule has 0 saturated heterocycles. The van der Waals surface area contributed by atoms with E-state index in [1.807, 2.05) is 0 Å². The molecule has 1 aromatic carbocycles. The molecule has 0 amide bonds. The first-order valence-corrected chi connectivity index (χ1v) is 4.96. The summed E-state index contributed by atoms with van der Waals surface area (Å²) in [6.45, 7) is 2.31. The molecule has 0 aromatic heterocycles. The van der Waals surface area contributed by atoms with Crippen LogP contribution in [-0.2, 0) is 0 Å². The van der Waals surface area contributed by atoms with Gasteiger partial charge in [0, 0.05) is 0 Å². The van der Waals surface area contributed by atoms with E-state index in [9.17, 15) is 0 Å². The molecule has 2 rings (SSSR count). The van der Waals surface area contributed by atoms with Crippen molar-refractivity contribution in [1.82, 2.24) is 0 Å². The minimum atomic E-state index is 0.871. The summed E-state index contributed by atoms with van der Waals surface area (Å²) in [6.07, 6.45) is 4.19. The second kappa shape index (κ2) is 3.30. The van der Waals surface area contributed by atoms with Crippen LogP contribution < -0.4 is 0 Å². The molecule has 0 unspecified atom stereocenters. The van der Waals surface area contributed by atoms with Crippen LogP contribution in [0.15, 0.2) is 30.3 Å². The first-order valence-electron chi connectivity index (χ1n) is 4.96. The monoisotopic (exact) mass is 160 g/mol. The number of hydrogen-bond acceptors (Lipinski definition) is 0. The first-order chi connectivity index (χ1) is 5.92. The molecule has 0 nitrogen and oxygen atoms in total. The lowest BCUT2D eigenvalue weighted by Gasteiger charge is -2.36. The summed E-state index contributed by atoms with van der Waals surface area (Å²) in [6, 6.07) is 10.9. The zero-order valence-electron chi connectivity index (χ0n) is 7.66. The van der Waals surface area contributed by atoms with Crippen molar-refractivity contribution in [2.45, 2.75) is 32.1 Å².